The fourth-order valence-corrected chi connectivity index (χ4v) is 2.29. The average molecular weight is 197 g/mol. The van der Waals surface area contributed by atoms with Crippen molar-refractivity contribution in [2.45, 2.75) is 25.4 Å². The smallest absolute Gasteiger partial charge is 0.0558 e. The number of nitrogens with zero attached hydrogens (tertiary/aromatic N) is 1. The van der Waals surface area contributed by atoms with E-state index in [1.165, 1.54) is 17.7 Å². The van der Waals surface area contributed by atoms with E-state index < -0.39 is 0 Å². The van der Waals surface area contributed by atoms with Gasteiger partial charge in [0, 0.05) is 24.0 Å². The molecule has 1 aromatic rings. The molecule has 0 unspecified atom stereocenters. The molecule has 72 valence electrons. The Morgan fingerprint density at radius 1 is 1.54 bits per heavy atom. The molecule has 0 aliphatic heterocycles. The summed E-state index contributed by atoms with van der Waals surface area (Å²) in [7, 11) is 0. The Hall–Kier alpha value is -0.380. The van der Waals surface area contributed by atoms with Crippen molar-refractivity contribution in [1.82, 2.24) is 4.90 Å². The Balaban J connectivity index is 1.89. The van der Waals surface area contributed by atoms with E-state index in [2.05, 4.69) is 22.4 Å². The van der Waals surface area contributed by atoms with E-state index in [1.54, 1.807) is 11.3 Å². The Bertz CT molecular complexity index is 243. The van der Waals surface area contributed by atoms with E-state index in [0.717, 1.165) is 19.1 Å². The predicted octanol–water partition coefficient (Wildman–Crippen LogP) is 1.70. The Kier molecular flexibility index (Phi) is 2.98. The van der Waals surface area contributed by atoms with Crippen LogP contribution in [0.4, 0.5) is 0 Å². The van der Waals surface area contributed by atoms with Crippen LogP contribution in [0.2, 0.25) is 0 Å². The van der Waals surface area contributed by atoms with Crippen molar-refractivity contribution < 1.29 is 5.11 Å². The topological polar surface area (TPSA) is 23.5 Å². The van der Waals surface area contributed by atoms with Crippen molar-refractivity contribution >= 4 is 11.3 Å². The summed E-state index contributed by atoms with van der Waals surface area (Å²) in [6.07, 6.45) is 2.62. The first-order valence-electron chi connectivity index (χ1n) is 4.77. The molecular weight excluding hydrogens is 182 g/mol. The van der Waals surface area contributed by atoms with Crippen molar-refractivity contribution in [2.75, 3.05) is 13.2 Å². The van der Waals surface area contributed by atoms with E-state index in [0.29, 0.717) is 0 Å². The summed E-state index contributed by atoms with van der Waals surface area (Å²) in [6, 6.07) is 5.00. The second-order valence-corrected chi connectivity index (χ2v) is 4.54. The highest BCUT2D eigenvalue weighted by Gasteiger charge is 2.28. The number of hydrogen-bond acceptors (Lipinski definition) is 3. The molecule has 1 heterocycles. The van der Waals surface area contributed by atoms with Crippen molar-refractivity contribution in [2.24, 2.45) is 0 Å². The Morgan fingerprint density at radius 3 is 2.92 bits per heavy atom. The van der Waals surface area contributed by atoms with Crippen molar-refractivity contribution in [3.63, 3.8) is 0 Å². The standard InChI is InChI=1S/C10H15NOS/c12-6-5-11(9-3-4-9)8-10-2-1-7-13-10/h1-2,7,9,12H,3-6,8H2. The summed E-state index contributed by atoms with van der Waals surface area (Å²) in [5.41, 5.74) is 0. The number of rotatable bonds is 5. The maximum absolute atomic E-state index is 8.90. The summed E-state index contributed by atoms with van der Waals surface area (Å²) in [5, 5.41) is 11.0. The molecule has 0 saturated heterocycles. The Labute approximate surface area is 82.8 Å². The minimum absolute atomic E-state index is 0.280. The van der Waals surface area contributed by atoms with E-state index in [-0.39, 0.29) is 6.61 Å². The van der Waals surface area contributed by atoms with E-state index in [9.17, 15) is 0 Å². The molecule has 3 heteroatoms. The van der Waals surface area contributed by atoms with Gasteiger partial charge in [-0.25, -0.2) is 0 Å². The second-order valence-electron chi connectivity index (χ2n) is 3.50. The molecule has 0 atom stereocenters. The highest BCUT2D eigenvalue weighted by Crippen LogP contribution is 2.28. The molecule has 0 spiro atoms. The summed E-state index contributed by atoms with van der Waals surface area (Å²) < 4.78 is 0. The normalized spacial score (nSPS) is 16.8. The fourth-order valence-electron chi connectivity index (χ4n) is 1.56. The van der Waals surface area contributed by atoms with Crippen molar-refractivity contribution in [3.8, 4) is 0 Å². The monoisotopic (exact) mass is 197 g/mol. The SMILES string of the molecule is OCCN(Cc1cccs1)C1CC1. The van der Waals surface area contributed by atoms with Gasteiger partial charge in [-0.05, 0) is 24.3 Å². The molecule has 1 saturated carbocycles. The third-order valence-electron chi connectivity index (χ3n) is 2.39. The number of aliphatic hydroxyl groups is 1. The van der Waals surface area contributed by atoms with Gasteiger partial charge in [-0.15, -0.1) is 11.3 Å². The Morgan fingerprint density at radius 2 is 2.38 bits per heavy atom. The van der Waals surface area contributed by atoms with Crippen LogP contribution < -0.4 is 0 Å². The molecule has 1 N–H and O–H groups in total. The zero-order valence-electron chi connectivity index (χ0n) is 7.65. The van der Waals surface area contributed by atoms with Gasteiger partial charge in [-0.1, -0.05) is 6.07 Å². The van der Waals surface area contributed by atoms with E-state index >= 15 is 0 Å². The molecule has 1 aliphatic carbocycles. The molecule has 0 amide bonds. The molecular formula is C10H15NOS. The number of aliphatic hydroxyl groups excluding tert-OH is 1. The van der Waals surface area contributed by atoms with Crippen LogP contribution in [0.15, 0.2) is 17.5 Å². The van der Waals surface area contributed by atoms with Gasteiger partial charge in [0.15, 0.2) is 0 Å². The molecule has 2 nitrogen and oxygen atoms in total. The summed E-state index contributed by atoms with van der Waals surface area (Å²) in [6.45, 7) is 2.12. The molecule has 1 aromatic heterocycles. The number of hydrogen-bond donors (Lipinski definition) is 1. The molecule has 1 aliphatic rings. The van der Waals surface area contributed by atoms with Crippen molar-refractivity contribution in [3.05, 3.63) is 22.4 Å². The van der Waals surface area contributed by atoms with E-state index in [1.807, 2.05) is 0 Å². The third-order valence-corrected chi connectivity index (χ3v) is 3.25. The summed E-state index contributed by atoms with van der Waals surface area (Å²) in [5.74, 6) is 0. The van der Waals surface area contributed by atoms with Gasteiger partial charge in [-0.2, -0.15) is 0 Å². The predicted molar refractivity (Wildman–Crippen MR) is 54.8 cm³/mol. The molecule has 0 radical (unpaired) electrons. The van der Waals surface area contributed by atoms with Gasteiger partial charge < -0.3 is 5.11 Å². The lowest BCUT2D eigenvalue weighted by Gasteiger charge is -2.19. The minimum Gasteiger partial charge on any atom is -0.395 e. The minimum atomic E-state index is 0.280. The fraction of sp³-hybridized carbons (Fsp3) is 0.600. The van der Waals surface area contributed by atoms with Crippen LogP contribution in [0.5, 0.6) is 0 Å². The van der Waals surface area contributed by atoms with Crippen LogP contribution in [-0.4, -0.2) is 29.2 Å². The first kappa shape index (κ1) is 9.19. The maximum atomic E-state index is 8.90. The quantitative estimate of drug-likeness (QED) is 0.776. The van der Waals surface area contributed by atoms with Crippen LogP contribution in [0.25, 0.3) is 0 Å². The molecule has 1 fully saturated rings. The molecule has 0 bridgehead atoms. The lowest BCUT2D eigenvalue weighted by Crippen LogP contribution is -2.28. The van der Waals surface area contributed by atoms with Crippen LogP contribution >= 0.6 is 11.3 Å². The third kappa shape index (κ3) is 2.53. The van der Waals surface area contributed by atoms with Gasteiger partial charge in [0.2, 0.25) is 0 Å². The lowest BCUT2D eigenvalue weighted by atomic mass is 10.4. The van der Waals surface area contributed by atoms with Crippen LogP contribution in [0.1, 0.15) is 17.7 Å². The van der Waals surface area contributed by atoms with Gasteiger partial charge >= 0.3 is 0 Å². The van der Waals surface area contributed by atoms with Crippen LogP contribution in [0, 0.1) is 0 Å². The van der Waals surface area contributed by atoms with Gasteiger partial charge in [0.25, 0.3) is 0 Å². The first-order chi connectivity index (χ1) is 6.40. The molecule has 0 aromatic carbocycles. The van der Waals surface area contributed by atoms with Crippen molar-refractivity contribution in [1.29, 1.82) is 0 Å². The van der Waals surface area contributed by atoms with Gasteiger partial charge in [0.1, 0.15) is 0 Å². The highest BCUT2D eigenvalue weighted by molar-refractivity contribution is 7.09. The molecule has 13 heavy (non-hydrogen) atoms. The van der Waals surface area contributed by atoms with Gasteiger partial charge in [-0.3, -0.25) is 4.90 Å². The van der Waals surface area contributed by atoms with E-state index in [4.69, 9.17) is 5.11 Å². The van der Waals surface area contributed by atoms with Crippen LogP contribution in [-0.2, 0) is 6.54 Å². The molecule has 2 rings (SSSR count). The zero-order valence-corrected chi connectivity index (χ0v) is 8.46. The van der Waals surface area contributed by atoms with Crippen LogP contribution in [0.3, 0.4) is 0 Å². The zero-order chi connectivity index (χ0) is 9.10. The van der Waals surface area contributed by atoms with Gasteiger partial charge in [0.05, 0.1) is 6.61 Å². The number of thiophene rings is 1. The lowest BCUT2D eigenvalue weighted by molar-refractivity contribution is 0.184. The summed E-state index contributed by atoms with van der Waals surface area (Å²) in [4.78, 5) is 3.78. The summed E-state index contributed by atoms with van der Waals surface area (Å²) >= 11 is 1.80. The second kappa shape index (κ2) is 4.22. The highest BCUT2D eigenvalue weighted by atomic mass is 32.1. The maximum Gasteiger partial charge on any atom is 0.0558 e. The largest absolute Gasteiger partial charge is 0.395 e. The average Bonchev–Trinajstić information content (AvgIpc) is 2.85. The first-order valence-corrected chi connectivity index (χ1v) is 5.65.